The van der Waals surface area contributed by atoms with E-state index < -0.39 is 0 Å². The molecule has 0 bridgehead atoms. The average molecular weight is 433 g/mol. The lowest BCUT2D eigenvalue weighted by Crippen LogP contribution is -2.51. The summed E-state index contributed by atoms with van der Waals surface area (Å²) in [7, 11) is 0. The first-order valence-electron chi connectivity index (χ1n) is 11.5. The third kappa shape index (κ3) is 3.32. The molecule has 7 nitrogen and oxygen atoms in total. The summed E-state index contributed by atoms with van der Waals surface area (Å²) in [5.74, 6) is 1.27. The topological polar surface area (TPSA) is 62.9 Å². The minimum absolute atomic E-state index is 0.0142. The van der Waals surface area contributed by atoms with Crippen LogP contribution in [0.4, 0.5) is 5.69 Å². The number of nitrogens with one attached hydrogen (secondary N) is 1. The molecule has 5 heterocycles. The molecule has 6 rings (SSSR count). The Labute approximate surface area is 187 Å². The van der Waals surface area contributed by atoms with Crippen LogP contribution in [0.15, 0.2) is 59.1 Å². The third-order valence-electron chi connectivity index (χ3n) is 7.04. The summed E-state index contributed by atoms with van der Waals surface area (Å²) in [6.45, 7) is 5.41. The molecule has 0 radical (unpaired) electrons. The van der Waals surface area contributed by atoms with Crippen molar-refractivity contribution < 1.29 is 13.9 Å². The van der Waals surface area contributed by atoms with Crippen molar-refractivity contribution in [2.75, 3.05) is 44.7 Å². The van der Waals surface area contributed by atoms with E-state index in [2.05, 4.69) is 57.4 Å². The zero-order valence-corrected chi connectivity index (χ0v) is 18.1. The molecule has 1 spiro atoms. The van der Waals surface area contributed by atoms with E-state index in [1.165, 1.54) is 11.4 Å². The molecule has 7 heteroatoms. The van der Waals surface area contributed by atoms with Gasteiger partial charge in [0.25, 0.3) is 5.91 Å². The molecule has 0 atom stereocenters. The molecule has 0 aliphatic carbocycles. The number of likely N-dealkylation sites (tertiary alicyclic amines) is 1. The van der Waals surface area contributed by atoms with E-state index in [1.54, 1.807) is 0 Å². The highest BCUT2D eigenvalue weighted by Gasteiger charge is 2.42. The van der Waals surface area contributed by atoms with Crippen molar-refractivity contribution in [3.8, 4) is 5.69 Å². The summed E-state index contributed by atoms with van der Waals surface area (Å²) < 4.78 is 13.6. The summed E-state index contributed by atoms with van der Waals surface area (Å²) in [6, 6.07) is 16.5. The molecular weight excluding hydrogens is 404 g/mol. The van der Waals surface area contributed by atoms with E-state index in [9.17, 15) is 4.79 Å². The second kappa shape index (κ2) is 7.83. The van der Waals surface area contributed by atoms with Crippen molar-refractivity contribution in [3.63, 3.8) is 0 Å². The van der Waals surface area contributed by atoms with Crippen LogP contribution in [-0.4, -0.2) is 59.7 Å². The van der Waals surface area contributed by atoms with Gasteiger partial charge in [0, 0.05) is 38.1 Å². The van der Waals surface area contributed by atoms with E-state index in [4.69, 9.17) is 9.15 Å². The van der Waals surface area contributed by atoms with Crippen LogP contribution in [0.2, 0.25) is 0 Å². The summed E-state index contributed by atoms with van der Waals surface area (Å²) in [4.78, 5) is 17.4. The van der Waals surface area contributed by atoms with Gasteiger partial charge in [0.05, 0.1) is 36.7 Å². The first kappa shape index (κ1) is 19.6. The van der Waals surface area contributed by atoms with Crippen LogP contribution >= 0.6 is 0 Å². The molecule has 2 fully saturated rings. The minimum atomic E-state index is -0.153. The van der Waals surface area contributed by atoms with Gasteiger partial charge in [0.2, 0.25) is 0 Å². The fourth-order valence-electron chi connectivity index (χ4n) is 5.28. The highest BCUT2D eigenvalue weighted by molar-refractivity contribution is 5.91. The average Bonchev–Trinajstić information content (AvgIpc) is 3.51. The maximum Gasteiger partial charge on any atom is 0.289 e. The lowest BCUT2D eigenvalue weighted by molar-refractivity contribution is 0.0309. The van der Waals surface area contributed by atoms with E-state index >= 15 is 0 Å². The molecular formula is C25H28N4O3. The van der Waals surface area contributed by atoms with E-state index in [0.29, 0.717) is 18.8 Å². The van der Waals surface area contributed by atoms with Gasteiger partial charge >= 0.3 is 0 Å². The summed E-state index contributed by atoms with van der Waals surface area (Å²) in [5, 5.41) is 3.81. The highest BCUT2D eigenvalue weighted by Crippen LogP contribution is 2.43. The Kier molecular flexibility index (Phi) is 4.81. The van der Waals surface area contributed by atoms with Crippen molar-refractivity contribution in [2.24, 2.45) is 0 Å². The van der Waals surface area contributed by atoms with Gasteiger partial charge in [-0.05, 0) is 49.2 Å². The number of furan rings is 1. The van der Waals surface area contributed by atoms with Gasteiger partial charge in [-0.15, -0.1) is 0 Å². The Hall–Kier alpha value is -3.03. The number of rotatable bonds is 3. The fourth-order valence-corrected chi connectivity index (χ4v) is 5.28. The quantitative estimate of drug-likeness (QED) is 0.687. The number of piperidine rings is 1. The molecule has 1 amide bonds. The molecule has 3 aliphatic heterocycles. The number of fused-ring (bicyclic) bond motifs is 4. The maximum absolute atomic E-state index is 13.1. The predicted octanol–water partition coefficient (Wildman–Crippen LogP) is 3.46. The SMILES string of the molecule is O=C(c1ccc(CN2CCOCC2)o1)N1CCC2(CC1)Nc1ccccc1-n1cccc12. The number of anilines is 1. The number of aromatic nitrogens is 1. The fraction of sp³-hybridized carbons (Fsp3) is 0.400. The van der Waals surface area contributed by atoms with Gasteiger partial charge in [-0.1, -0.05) is 12.1 Å². The van der Waals surface area contributed by atoms with Gasteiger partial charge in [0.15, 0.2) is 5.76 Å². The smallest absolute Gasteiger partial charge is 0.289 e. The van der Waals surface area contributed by atoms with Gasteiger partial charge in [-0.25, -0.2) is 0 Å². The summed E-state index contributed by atoms with van der Waals surface area (Å²) in [5.41, 5.74) is 3.45. The second-order valence-electron chi connectivity index (χ2n) is 8.93. The molecule has 1 aromatic carbocycles. The molecule has 0 saturated carbocycles. The molecule has 3 aromatic rings. The first-order chi connectivity index (χ1) is 15.7. The normalized spacial score (nSPS) is 19.9. The van der Waals surface area contributed by atoms with Crippen molar-refractivity contribution in [1.82, 2.24) is 14.4 Å². The first-order valence-corrected chi connectivity index (χ1v) is 11.5. The van der Waals surface area contributed by atoms with E-state index in [1.807, 2.05) is 17.0 Å². The largest absolute Gasteiger partial charge is 0.455 e. The number of benzene rings is 1. The predicted molar refractivity (Wildman–Crippen MR) is 121 cm³/mol. The van der Waals surface area contributed by atoms with E-state index in [0.717, 1.165) is 57.1 Å². The standard InChI is InChI=1S/C25H28N4O3/c30-24(22-8-7-19(32-22)18-27-14-16-31-17-15-27)28-12-9-25(10-13-28)23-6-3-11-29(23)21-5-2-1-4-20(21)26-25/h1-8,11,26H,9-10,12-18H2. The molecule has 2 saturated heterocycles. The highest BCUT2D eigenvalue weighted by atomic mass is 16.5. The van der Waals surface area contributed by atoms with Crippen LogP contribution in [0, 0.1) is 0 Å². The second-order valence-corrected chi connectivity index (χ2v) is 8.93. The minimum Gasteiger partial charge on any atom is -0.455 e. The Morgan fingerprint density at radius 3 is 2.62 bits per heavy atom. The van der Waals surface area contributed by atoms with Crippen LogP contribution in [0.3, 0.4) is 0 Å². The zero-order chi connectivity index (χ0) is 21.5. The Bertz CT molecular complexity index is 1120. The lowest BCUT2D eigenvalue weighted by Gasteiger charge is -2.46. The molecule has 2 aromatic heterocycles. The van der Waals surface area contributed by atoms with Crippen LogP contribution in [0.1, 0.15) is 34.9 Å². The van der Waals surface area contributed by atoms with Gasteiger partial charge in [0.1, 0.15) is 5.76 Å². The number of carbonyl (C=O) groups is 1. The van der Waals surface area contributed by atoms with Crippen LogP contribution in [0.5, 0.6) is 0 Å². The van der Waals surface area contributed by atoms with Crippen LogP contribution in [-0.2, 0) is 16.8 Å². The molecule has 3 aliphatic rings. The number of carbonyl (C=O) groups excluding carboxylic acids is 1. The monoisotopic (exact) mass is 432 g/mol. The van der Waals surface area contributed by atoms with Crippen molar-refractivity contribution in [3.05, 3.63) is 71.9 Å². The number of hydrogen-bond donors (Lipinski definition) is 1. The molecule has 1 N–H and O–H groups in total. The maximum atomic E-state index is 13.1. The molecule has 0 unspecified atom stereocenters. The van der Waals surface area contributed by atoms with Crippen molar-refractivity contribution in [2.45, 2.75) is 24.9 Å². The Morgan fingerprint density at radius 2 is 1.78 bits per heavy atom. The van der Waals surface area contributed by atoms with Crippen molar-refractivity contribution in [1.29, 1.82) is 0 Å². The Morgan fingerprint density at radius 1 is 0.969 bits per heavy atom. The summed E-state index contributed by atoms with van der Waals surface area (Å²) in [6.07, 6.45) is 3.85. The number of amides is 1. The Balaban J connectivity index is 1.15. The summed E-state index contributed by atoms with van der Waals surface area (Å²) >= 11 is 0. The lowest BCUT2D eigenvalue weighted by atomic mass is 9.82. The molecule has 166 valence electrons. The van der Waals surface area contributed by atoms with Gasteiger partial charge in [-0.3, -0.25) is 9.69 Å². The van der Waals surface area contributed by atoms with Crippen molar-refractivity contribution >= 4 is 11.6 Å². The number of nitrogens with zero attached hydrogens (tertiary/aromatic N) is 3. The number of para-hydroxylation sites is 2. The van der Waals surface area contributed by atoms with Gasteiger partial charge in [-0.2, -0.15) is 0 Å². The number of ether oxygens (including phenoxy) is 1. The van der Waals surface area contributed by atoms with E-state index in [-0.39, 0.29) is 11.4 Å². The molecule has 32 heavy (non-hydrogen) atoms. The third-order valence-corrected chi connectivity index (χ3v) is 7.04. The number of hydrogen-bond acceptors (Lipinski definition) is 5. The van der Waals surface area contributed by atoms with Gasteiger partial charge < -0.3 is 23.9 Å². The number of morpholine rings is 1. The van der Waals surface area contributed by atoms with Crippen LogP contribution < -0.4 is 5.32 Å². The van der Waals surface area contributed by atoms with Crippen LogP contribution in [0.25, 0.3) is 5.69 Å². The zero-order valence-electron chi connectivity index (χ0n) is 18.1.